The number of nitrogens with two attached hydrogens (primary N) is 1. The number of anilines is 1. The molecule has 4 heteroatoms. The van der Waals surface area contributed by atoms with Crippen LogP contribution in [0.15, 0.2) is 42.5 Å². The van der Waals surface area contributed by atoms with E-state index in [-0.39, 0.29) is 5.91 Å². The molecule has 0 aromatic heterocycles. The van der Waals surface area contributed by atoms with Crippen LogP contribution in [0.25, 0.3) is 0 Å². The Morgan fingerprint density at radius 2 is 1.61 bits per heavy atom. The quantitative estimate of drug-likeness (QED) is 0.804. The molecule has 0 saturated carbocycles. The van der Waals surface area contributed by atoms with E-state index in [9.17, 15) is 4.79 Å². The summed E-state index contributed by atoms with van der Waals surface area (Å²) >= 11 is 6.13. The van der Waals surface area contributed by atoms with Gasteiger partial charge in [0.05, 0.1) is 0 Å². The van der Waals surface area contributed by atoms with E-state index in [0.717, 1.165) is 29.1 Å². The normalized spacial score (nSPS) is 10.6. The summed E-state index contributed by atoms with van der Waals surface area (Å²) in [5.74, 6) is 0.0210. The molecule has 0 radical (unpaired) electrons. The van der Waals surface area contributed by atoms with Gasteiger partial charge < -0.3 is 10.6 Å². The van der Waals surface area contributed by atoms with Gasteiger partial charge in [0, 0.05) is 16.3 Å². The highest BCUT2D eigenvalue weighted by atomic mass is 35.5. The Bertz CT molecular complexity index is 648. The molecule has 0 bridgehead atoms. The molecule has 0 aliphatic rings. The topological polar surface area (TPSA) is 45.7 Å². The van der Waals surface area contributed by atoms with E-state index in [4.69, 9.17) is 11.6 Å². The van der Waals surface area contributed by atoms with E-state index < -0.39 is 0 Å². The van der Waals surface area contributed by atoms with Crippen molar-refractivity contribution >= 4 is 23.2 Å². The molecule has 0 spiro atoms. The molecule has 0 heterocycles. The zero-order valence-corrected chi connectivity index (χ0v) is 14.5. The van der Waals surface area contributed by atoms with Crippen LogP contribution in [0.2, 0.25) is 5.02 Å². The summed E-state index contributed by atoms with van der Waals surface area (Å²) < 4.78 is 0. The molecular formula is C19H24ClN2O+. The Hall–Kier alpha value is -1.84. The van der Waals surface area contributed by atoms with Gasteiger partial charge in [0.25, 0.3) is 5.91 Å². The first kappa shape index (κ1) is 17.5. The van der Waals surface area contributed by atoms with E-state index in [1.165, 1.54) is 11.1 Å². The second-order valence-corrected chi connectivity index (χ2v) is 5.90. The molecule has 2 aromatic carbocycles. The number of hydrogen-bond acceptors (Lipinski definition) is 1. The smallest absolute Gasteiger partial charge is 0.279 e. The van der Waals surface area contributed by atoms with Gasteiger partial charge in [-0.05, 0) is 30.0 Å². The molecule has 1 amide bonds. The van der Waals surface area contributed by atoms with E-state index in [1.54, 1.807) is 0 Å². The van der Waals surface area contributed by atoms with Gasteiger partial charge in [0.15, 0.2) is 6.54 Å². The van der Waals surface area contributed by atoms with Gasteiger partial charge in [-0.2, -0.15) is 0 Å². The van der Waals surface area contributed by atoms with E-state index in [2.05, 4.69) is 37.4 Å². The number of amides is 1. The van der Waals surface area contributed by atoms with Crippen molar-refractivity contribution in [2.45, 2.75) is 33.2 Å². The minimum absolute atomic E-state index is 0.0210. The van der Waals surface area contributed by atoms with Crippen molar-refractivity contribution < 1.29 is 10.1 Å². The van der Waals surface area contributed by atoms with Crippen LogP contribution in [0.1, 0.15) is 30.5 Å². The Morgan fingerprint density at radius 1 is 1.00 bits per heavy atom. The van der Waals surface area contributed by atoms with Gasteiger partial charge >= 0.3 is 0 Å². The van der Waals surface area contributed by atoms with Crippen molar-refractivity contribution in [2.75, 3.05) is 11.9 Å². The summed E-state index contributed by atoms with van der Waals surface area (Å²) in [4.78, 5) is 12.2. The molecule has 0 unspecified atom stereocenters. The maximum Gasteiger partial charge on any atom is 0.279 e. The van der Waals surface area contributed by atoms with Crippen molar-refractivity contribution in [1.82, 2.24) is 0 Å². The molecule has 0 aliphatic heterocycles. The Kier molecular flexibility index (Phi) is 6.63. The zero-order chi connectivity index (χ0) is 16.7. The maximum absolute atomic E-state index is 12.2. The van der Waals surface area contributed by atoms with Gasteiger partial charge in [0.1, 0.15) is 6.54 Å². The van der Waals surface area contributed by atoms with Crippen molar-refractivity contribution in [1.29, 1.82) is 0 Å². The molecule has 0 fully saturated rings. The fourth-order valence-corrected chi connectivity index (χ4v) is 2.83. The molecular weight excluding hydrogens is 308 g/mol. The molecule has 122 valence electrons. The zero-order valence-electron chi connectivity index (χ0n) is 13.7. The lowest BCUT2D eigenvalue weighted by atomic mass is 10.0. The first-order valence-electron chi connectivity index (χ1n) is 8.11. The van der Waals surface area contributed by atoms with E-state index in [1.807, 2.05) is 29.6 Å². The second-order valence-electron chi connectivity index (χ2n) is 5.49. The number of carbonyl (C=O) groups excluding carboxylic acids is 1. The standard InChI is InChI=1S/C19H23ClN2O/c1-3-14-9-7-10-15(4-2)19(14)22-18(23)13-21-12-16-8-5-6-11-17(16)20/h5-11,21H,3-4,12-13H2,1-2H3,(H,22,23)/p+1. The lowest BCUT2D eigenvalue weighted by Crippen LogP contribution is -2.84. The third-order valence-electron chi connectivity index (χ3n) is 3.92. The Balaban J connectivity index is 1.94. The maximum atomic E-state index is 12.2. The van der Waals surface area contributed by atoms with Gasteiger partial charge in [-0.1, -0.05) is 61.8 Å². The highest BCUT2D eigenvalue weighted by molar-refractivity contribution is 6.31. The molecule has 3 nitrogen and oxygen atoms in total. The number of halogens is 1. The second kappa shape index (κ2) is 8.70. The number of carbonyl (C=O) groups is 1. The molecule has 3 N–H and O–H groups in total. The van der Waals surface area contributed by atoms with Crippen LogP contribution in [0.3, 0.4) is 0 Å². The van der Waals surface area contributed by atoms with Gasteiger partial charge in [-0.3, -0.25) is 4.79 Å². The predicted octanol–water partition coefficient (Wildman–Crippen LogP) is 3.17. The monoisotopic (exact) mass is 331 g/mol. The number of benzene rings is 2. The van der Waals surface area contributed by atoms with Crippen molar-refractivity contribution in [3.05, 3.63) is 64.2 Å². The average molecular weight is 332 g/mol. The molecule has 0 saturated heterocycles. The van der Waals surface area contributed by atoms with E-state index in [0.29, 0.717) is 13.1 Å². The number of quaternary nitrogens is 1. The molecule has 23 heavy (non-hydrogen) atoms. The summed E-state index contributed by atoms with van der Waals surface area (Å²) in [6.07, 6.45) is 1.82. The average Bonchev–Trinajstić information content (AvgIpc) is 2.56. The van der Waals surface area contributed by atoms with Crippen molar-refractivity contribution in [2.24, 2.45) is 0 Å². The van der Waals surface area contributed by atoms with Gasteiger partial charge in [-0.15, -0.1) is 0 Å². The molecule has 0 aliphatic carbocycles. The number of rotatable bonds is 7. The Labute approximate surface area is 143 Å². The van der Waals surface area contributed by atoms with Crippen LogP contribution in [-0.4, -0.2) is 12.5 Å². The van der Waals surface area contributed by atoms with Crippen LogP contribution in [0.5, 0.6) is 0 Å². The number of aryl methyl sites for hydroxylation is 2. The molecule has 0 atom stereocenters. The van der Waals surface area contributed by atoms with Crippen LogP contribution in [-0.2, 0) is 24.2 Å². The Morgan fingerprint density at radius 3 is 2.22 bits per heavy atom. The molecule has 2 aromatic rings. The van der Waals surface area contributed by atoms with Crippen molar-refractivity contribution in [3.63, 3.8) is 0 Å². The summed E-state index contributed by atoms with van der Waals surface area (Å²) in [5, 5.41) is 5.79. The highest BCUT2D eigenvalue weighted by Crippen LogP contribution is 2.22. The number of para-hydroxylation sites is 1. The minimum atomic E-state index is 0.0210. The number of nitrogens with one attached hydrogen (secondary N) is 1. The third kappa shape index (κ3) is 4.81. The van der Waals surface area contributed by atoms with Gasteiger partial charge in [-0.25, -0.2) is 0 Å². The van der Waals surface area contributed by atoms with E-state index >= 15 is 0 Å². The SMILES string of the molecule is CCc1cccc(CC)c1NC(=O)C[NH2+]Cc1ccccc1Cl. The number of hydrogen-bond donors (Lipinski definition) is 2. The van der Waals surface area contributed by atoms with Crippen molar-refractivity contribution in [3.8, 4) is 0 Å². The summed E-state index contributed by atoms with van der Waals surface area (Å²) in [7, 11) is 0. The van der Waals surface area contributed by atoms with Crippen LogP contribution in [0.4, 0.5) is 5.69 Å². The van der Waals surface area contributed by atoms with Crippen LogP contribution < -0.4 is 10.6 Å². The summed E-state index contributed by atoms with van der Waals surface area (Å²) in [5.41, 5.74) is 4.39. The molecule has 2 rings (SSSR count). The summed E-state index contributed by atoms with van der Waals surface area (Å²) in [6, 6.07) is 13.9. The minimum Gasteiger partial charge on any atom is -0.335 e. The lowest BCUT2D eigenvalue weighted by molar-refractivity contribution is -0.659. The van der Waals surface area contributed by atoms with Crippen LogP contribution in [0, 0.1) is 0 Å². The summed E-state index contributed by atoms with van der Waals surface area (Å²) in [6.45, 7) is 5.29. The van der Waals surface area contributed by atoms with Gasteiger partial charge in [0.2, 0.25) is 0 Å². The predicted molar refractivity (Wildman–Crippen MR) is 95.8 cm³/mol. The fourth-order valence-electron chi connectivity index (χ4n) is 2.62. The highest BCUT2D eigenvalue weighted by Gasteiger charge is 2.11. The third-order valence-corrected chi connectivity index (χ3v) is 4.28. The lowest BCUT2D eigenvalue weighted by Gasteiger charge is -2.14. The van der Waals surface area contributed by atoms with Crippen LogP contribution >= 0.6 is 11.6 Å². The first-order chi connectivity index (χ1) is 11.2. The first-order valence-corrected chi connectivity index (χ1v) is 8.49. The largest absolute Gasteiger partial charge is 0.335 e. The fraction of sp³-hybridized carbons (Fsp3) is 0.316.